The second-order valence-electron chi connectivity index (χ2n) is 5.31. The van der Waals surface area contributed by atoms with Gasteiger partial charge in [0.25, 0.3) is 0 Å². The van der Waals surface area contributed by atoms with Gasteiger partial charge >= 0.3 is 0 Å². The van der Waals surface area contributed by atoms with Crippen molar-refractivity contribution in [1.29, 1.82) is 0 Å². The molecule has 0 unspecified atom stereocenters. The third-order valence-electron chi connectivity index (χ3n) is 3.82. The fourth-order valence-corrected chi connectivity index (χ4v) is 2.58. The van der Waals surface area contributed by atoms with Crippen LogP contribution in [0.3, 0.4) is 0 Å². The number of benzene rings is 1. The standard InChI is InChI=1S/C18H24N2O3/c1-4-7-17(21)20(11-10-18(22-2)23-3)13-14-12-19-16-9-6-5-8-15(14)16/h4-9,12,18-19H,10-11,13H2,1-3H3/b7-4+. The molecule has 23 heavy (non-hydrogen) atoms. The molecule has 1 N–H and O–H groups in total. The number of H-pyrrole nitrogens is 1. The maximum absolute atomic E-state index is 12.3. The lowest BCUT2D eigenvalue weighted by atomic mass is 10.1. The molecular weight excluding hydrogens is 292 g/mol. The molecule has 0 fully saturated rings. The summed E-state index contributed by atoms with van der Waals surface area (Å²) in [6, 6.07) is 8.09. The number of rotatable bonds is 8. The summed E-state index contributed by atoms with van der Waals surface area (Å²) in [4.78, 5) is 17.4. The maximum Gasteiger partial charge on any atom is 0.246 e. The lowest BCUT2D eigenvalue weighted by Crippen LogP contribution is -2.32. The number of hydrogen-bond donors (Lipinski definition) is 1. The van der Waals surface area contributed by atoms with E-state index in [1.807, 2.05) is 31.3 Å². The molecule has 0 spiro atoms. The Morgan fingerprint density at radius 2 is 2.04 bits per heavy atom. The van der Waals surface area contributed by atoms with Crippen LogP contribution in [0.5, 0.6) is 0 Å². The van der Waals surface area contributed by atoms with Gasteiger partial charge in [-0.1, -0.05) is 24.3 Å². The molecule has 2 aromatic rings. The Bertz CT molecular complexity index is 659. The van der Waals surface area contributed by atoms with Crippen LogP contribution in [0.2, 0.25) is 0 Å². The quantitative estimate of drug-likeness (QED) is 0.601. The molecule has 0 radical (unpaired) electrons. The molecule has 0 bridgehead atoms. The summed E-state index contributed by atoms with van der Waals surface area (Å²) in [6.45, 7) is 2.96. The highest BCUT2D eigenvalue weighted by Crippen LogP contribution is 2.20. The van der Waals surface area contributed by atoms with Crippen molar-refractivity contribution in [3.05, 3.63) is 48.2 Å². The molecule has 1 aromatic heterocycles. The van der Waals surface area contributed by atoms with Gasteiger partial charge in [-0.05, 0) is 24.6 Å². The molecule has 5 nitrogen and oxygen atoms in total. The number of allylic oxidation sites excluding steroid dienone is 1. The minimum Gasteiger partial charge on any atom is -0.361 e. The van der Waals surface area contributed by atoms with E-state index in [4.69, 9.17) is 9.47 Å². The fraction of sp³-hybridized carbons (Fsp3) is 0.389. The zero-order valence-corrected chi connectivity index (χ0v) is 13.9. The summed E-state index contributed by atoms with van der Waals surface area (Å²) < 4.78 is 10.4. The van der Waals surface area contributed by atoms with Crippen LogP contribution in [0.15, 0.2) is 42.6 Å². The van der Waals surface area contributed by atoms with Crippen molar-refractivity contribution in [2.75, 3.05) is 20.8 Å². The molecule has 0 aliphatic carbocycles. The highest BCUT2D eigenvalue weighted by molar-refractivity contribution is 5.88. The summed E-state index contributed by atoms with van der Waals surface area (Å²) >= 11 is 0. The summed E-state index contributed by atoms with van der Waals surface area (Å²) in [5.74, 6) is -0.0104. The molecule has 0 aliphatic heterocycles. The number of amides is 1. The second kappa shape index (κ2) is 8.50. The Morgan fingerprint density at radius 3 is 2.74 bits per heavy atom. The Morgan fingerprint density at radius 1 is 1.30 bits per heavy atom. The first-order valence-corrected chi connectivity index (χ1v) is 7.71. The van der Waals surface area contributed by atoms with Crippen molar-refractivity contribution in [3.8, 4) is 0 Å². The van der Waals surface area contributed by atoms with E-state index in [2.05, 4.69) is 11.1 Å². The van der Waals surface area contributed by atoms with Gasteiger partial charge < -0.3 is 19.4 Å². The van der Waals surface area contributed by atoms with E-state index in [0.717, 1.165) is 16.5 Å². The number of carbonyl (C=O) groups is 1. The van der Waals surface area contributed by atoms with Crippen molar-refractivity contribution in [2.24, 2.45) is 0 Å². The number of hydrogen-bond acceptors (Lipinski definition) is 3. The Hall–Kier alpha value is -2.11. The summed E-state index contributed by atoms with van der Waals surface area (Å²) in [5.41, 5.74) is 2.18. The zero-order valence-electron chi connectivity index (χ0n) is 13.9. The Labute approximate surface area is 136 Å². The number of carbonyl (C=O) groups excluding carboxylic acids is 1. The Kier molecular flexibility index (Phi) is 6.38. The van der Waals surface area contributed by atoms with Crippen molar-refractivity contribution in [1.82, 2.24) is 9.88 Å². The van der Waals surface area contributed by atoms with Gasteiger partial charge in [0.15, 0.2) is 6.29 Å². The van der Waals surface area contributed by atoms with E-state index < -0.39 is 0 Å². The van der Waals surface area contributed by atoms with Gasteiger partial charge in [0.2, 0.25) is 5.91 Å². The molecule has 0 saturated heterocycles. The third-order valence-corrected chi connectivity index (χ3v) is 3.82. The first-order chi connectivity index (χ1) is 11.2. The molecule has 0 atom stereocenters. The third kappa shape index (κ3) is 4.43. The van der Waals surface area contributed by atoms with Gasteiger partial charge in [0.05, 0.1) is 0 Å². The number of fused-ring (bicyclic) bond motifs is 1. The monoisotopic (exact) mass is 316 g/mol. The van der Waals surface area contributed by atoms with E-state index in [9.17, 15) is 4.79 Å². The van der Waals surface area contributed by atoms with Crippen molar-refractivity contribution >= 4 is 16.8 Å². The van der Waals surface area contributed by atoms with Gasteiger partial charge in [0.1, 0.15) is 0 Å². The number of aromatic amines is 1. The largest absolute Gasteiger partial charge is 0.361 e. The molecule has 2 rings (SSSR count). The molecule has 1 aromatic carbocycles. The minimum absolute atomic E-state index is 0.0104. The smallest absolute Gasteiger partial charge is 0.246 e. The minimum atomic E-state index is -0.307. The summed E-state index contributed by atoms with van der Waals surface area (Å²) in [6.07, 6.45) is 5.63. The fourth-order valence-electron chi connectivity index (χ4n) is 2.58. The normalized spacial score (nSPS) is 11.7. The van der Waals surface area contributed by atoms with Crippen LogP contribution < -0.4 is 0 Å². The van der Waals surface area contributed by atoms with E-state index in [1.54, 1.807) is 31.3 Å². The topological polar surface area (TPSA) is 54.6 Å². The molecule has 124 valence electrons. The summed E-state index contributed by atoms with van der Waals surface area (Å²) in [5, 5.41) is 1.14. The number of methoxy groups -OCH3 is 2. The van der Waals surface area contributed by atoms with E-state index in [-0.39, 0.29) is 12.2 Å². The lowest BCUT2D eigenvalue weighted by Gasteiger charge is -2.23. The van der Waals surface area contributed by atoms with Crippen molar-refractivity contribution < 1.29 is 14.3 Å². The molecule has 5 heteroatoms. The van der Waals surface area contributed by atoms with Crippen LogP contribution in [-0.4, -0.2) is 42.8 Å². The maximum atomic E-state index is 12.3. The van der Waals surface area contributed by atoms with Crippen molar-refractivity contribution in [3.63, 3.8) is 0 Å². The van der Waals surface area contributed by atoms with Crippen LogP contribution in [0.25, 0.3) is 10.9 Å². The lowest BCUT2D eigenvalue weighted by molar-refractivity contribution is -0.131. The van der Waals surface area contributed by atoms with Gasteiger partial charge in [-0.2, -0.15) is 0 Å². The van der Waals surface area contributed by atoms with Crippen LogP contribution in [0, 0.1) is 0 Å². The molecule has 0 saturated carbocycles. The predicted molar refractivity (Wildman–Crippen MR) is 91.0 cm³/mol. The van der Waals surface area contributed by atoms with Gasteiger partial charge in [-0.3, -0.25) is 4.79 Å². The average Bonchev–Trinajstić information content (AvgIpc) is 2.98. The van der Waals surface area contributed by atoms with E-state index >= 15 is 0 Å². The highest BCUT2D eigenvalue weighted by atomic mass is 16.7. The Balaban J connectivity index is 2.15. The number of nitrogens with one attached hydrogen (secondary N) is 1. The first-order valence-electron chi connectivity index (χ1n) is 7.71. The van der Waals surface area contributed by atoms with E-state index in [1.165, 1.54) is 0 Å². The molecule has 1 amide bonds. The second-order valence-corrected chi connectivity index (χ2v) is 5.31. The van der Waals surface area contributed by atoms with Crippen LogP contribution >= 0.6 is 0 Å². The van der Waals surface area contributed by atoms with Crippen LogP contribution in [0.1, 0.15) is 18.9 Å². The highest BCUT2D eigenvalue weighted by Gasteiger charge is 2.16. The average molecular weight is 316 g/mol. The summed E-state index contributed by atoms with van der Waals surface area (Å²) in [7, 11) is 3.21. The van der Waals surface area contributed by atoms with Crippen LogP contribution in [-0.2, 0) is 20.8 Å². The number of para-hydroxylation sites is 1. The number of aromatic nitrogens is 1. The molecular formula is C18H24N2O3. The van der Waals surface area contributed by atoms with E-state index in [0.29, 0.717) is 19.5 Å². The number of ether oxygens (including phenoxy) is 2. The molecule has 1 heterocycles. The van der Waals surface area contributed by atoms with Crippen LogP contribution in [0.4, 0.5) is 0 Å². The van der Waals surface area contributed by atoms with Gasteiger partial charge in [0, 0.05) is 50.8 Å². The van der Waals surface area contributed by atoms with Gasteiger partial charge in [-0.15, -0.1) is 0 Å². The predicted octanol–water partition coefficient (Wildman–Crippen LogP) is 3.08. The SMILES string of the molecule is C/C=C/C(=O)N(CCC(OC)OC)Cc1c[nH]c2ccccc12. The zero-order chi connectivity index (χ0) is 16.7. The van der Waals surface area contributed by atoms with Gasteiger partial charge in [-0.25, -0.2) is 0 Å². The molecule has 0 aliphatic rings. The van der Waals surface area contributed by atoms with Crippen molar-refractivity contribution in [2.45, 2.75) is 26.2 Å². The number of nitrogens with zero attached hydrogens (tertiary/aromatic N) is 1. The first kappa shape index (κ1) is 17.2.